The Morgan fingerprint density at radius 1 is 1.36 bits per heavy atom. The maximum atomic E-state index is 4.20. The molecule has 0 saturated carbocycles. The standard InChI is InChI=1S/C8H8N2S/c11-6-10-5-9-7-3-1-2-4-8(7)10/h1-5,11H,6H2. The molecule has 2 rings (SSSR count). The quantitative estimate of drug-likeness (QED) is 0.637. The average Bonchev–Trinajstić information content (AvgIpc) is 2.47. The van der Waals surface area contributed by atoms with Gasteiger partial charge in [0.05, 0.1) is 23.2 Å². The van der Waals surface area contributed by atoms with Crippen molar-refractivity contribution in [2.45, 2.75) is 5.88 Å². The highest BCUT2D eigenvalue weighted by atomic mass is 32.1. The number of nitrogens with zero attached hydrogens (tertiary/aromatic N) is 2. The highest BCUT2D eigenvalue weighted by molar-refractivity contribution is 7.79. The van der Waals surface area contributed by atoms with Gasteiger partial charge < -0.3 is 4.57 Å². The molecular formula is C8H8N2S. The van der Waals surface area contributed by atoms with E-state index in [1.807, 2.05) is 28.8 Å². The number of hydrogen-bond acceptors (Lipinski definition) is 2. The van der Waals surface area contributed by atoms with Crippen LogP contribution in [0.15, 0.2) is 30.6 Å². The summed E-state index contributed by atoms with van der Waals surface area (Å²) in [5.41, 5.74) is 2.17. The Labute approximate surface area is 70.3 Å². The van der Waals surface area contributed by atoms with Crippen LogP contribution in [0.4, 0.5) is 0 Å². The Balaban J connectivity index is 2.76. The van der Waals surface area contributed by atoms with Gasteiger partial charge in [-0.15, -0.1) is 0 Å². The first-order valence-corrected chi connectivity index (χ1v) is 4.06. The van der Waals surface area contributed by atoms with Crippen molar-refractivity contribution in [3.8, 4) is 0 Å². The highest BCUT2D eigenvalue weighted by Gasteiger charge is 1.96. The third-order valence-electron chi connectivity index (χ3n) is 1.68. The first kappa shape index (κ1) is 6.73. The molecular weight excluding hydrogens is 156 g/mol. The minimum atomic E-state index is 0.681. The number of fused-ring (bicyclic) bond motifs is 1. The lowest BCUT2D eigenvalue weighted by molar-refractivity contribution is 0.928. The number of para-hydroxylation sites is 2. The van der Waals surface area contributed by atoms with Crippen LogP contribution in [0, 0.1) is 0 Å². The fraction of sp³-hybridized carbons (Fsp3) is 0.125. The number of benzene rings is 1. The third-order valence-corrected chi connectivity index (χ3v) is 1.98. The first-order valence-electron chi connectivity index (χ1n) is 3.42. The molecule has 0 radical (unpaired) electrons. The largest absolute Gasteiger partial charge is 0.321 e. The van der Waals surface area contributed by atoms with E-state index in [2.05, 4.69) is 17.6 Å². The normalized spacial score (nSPS) is 10.6. The number of thiol groups is 1. The molecule has 0 aliphatic carbocycles. The van der Waals surface area contributed by atoms with E-state index in [0.29, 0.717) is 5.88 Å². The van der Waals surface area contributed by atoms with E-state index in [4.69, 9.17) is 0 Å². The first-order chi connectivity index (χ1) is 5.42. The summed E-state index contributed by atoms with van der Waals surface area (Å²) in [6.45, 7) is 0. The van der Waals surface area contributed by atoms with Gasteiger partial charge in [0.1, 0.15) is 0 Å². The summed E-state index contributed by atoms with van der Waals surface area (Å²) >= 11 is 4.18. The molecule has 0 aliphatic rings. The van der Waals surface area contributed by atoms with Gasteiger partial charge in [-0.1, -0.05) is 12.1 Å². The maximum Gasteiger partial charge on any atom is 0.0965 e. The second-order valence-electron chi connectivity index (χ2n) is 2.34. The zero-order valence-electron chi connectivity index (χ0n) is 5.94. The van der Waals surface area contributed by atoms with E-state index in [-0.39, 0.29) is 0 Å². The van der Waals surface area contributed by atoms with Crippen molar-refractivity contribution in [3.05, 3.63) is 30.6 Å². The van der Waals surface area contributed by atoms with Crippen molar-refractivity contribution in [2.24, 2.45) is 0 Å². The molecule has 2 nitrogen and oxygen atoms in total. The van der Waals surface area contributed by atoms with Crippen molar-refractivity contribution in [1.82, 2.24) is 9.55 Å². The van der Waals surface area contributed by atoms with Crippen molar-refractivity contribution in [3.63, 3.8) is 0 Å². The summed E-state index contributed by atoms with van der Waals surface area (Å²) in [4.78, 5) is 4.20. The number of hydrogen-bond donors (Lipinski definition) is 1. The van der Waals surface area contributed by atoms with Crippen molar-refractivity contribution < 1.29 is 0 Å². The van der Waals surface area contributed by atoms with Crippen LogP contribution in [0.1, 0.15) is 0 Å². The maximum absolute atomic E-state index is 4.20. The van der Waals surface area contributed by atoms with E-state index >= 15 is 0 Å². The van der Waals surface area contributed by atoms with Crippen LogP contribution in [0.5, 0.6) is 0 Å². The molecule has 0 spiro atoms. The molecule has 56 valence electrons. The molecule has 3 heteroatoms. The second kappa shape index (κ2) is 2.58. The minimum Gasteiger partial charge on any atom is -0.321 e. The van der Waals surface area contributed by atoms with Gasteiger partial charge in [0, 0.05) is 0 Å². The zero-order chi connectivity index (χ0) is 7.68. The summed E-state index contributed by atoms with van der Waals surface area (Å²) in [5, 5.41) is 0. The van der Waals surface area contributed by atoms with Crippen LogP contribution in [0.2, 0.25) is 0 Å². The van der Waals surface area contributed by atoms with E-state index < -0.39 is 0 Å². The van der Waals surface area contributed by atoms with Crippen LogP contribution in [-0.2, 0) is 5.88 Å². The lowest BCUT2D eigenvalue weighted by Gasteiger charge is -1.95. The summed E-state index contributed by atoms with van der Waals surface area (Å²) < 4.78 is 2.00. The Hall–Kier alpha value is -0.960. The van der Waals surface area contributed by atoms with E-state index in [0.717, 1.165) is 11.0 Å². The predicted molar refractivity (Wildman–Crippen MR) is 48.7 cm³/mol. The fourth-order valence-corrected chi connectivity index (χ4v) is 1.35. The van der Waals surface area contributed by atoms with Gasteiger partial charge in [-0.25, -0.2) is 4.98 Å². The van der Waals surface area contributed by atoms with Gasteiger partial charge >= 0.3 is 0 Å². The molecule has 2 aromatic rings. The molecule has 0 unspecified atom stereocenters. The molecule has 1 aromatic carbocycles. The van der Waals surface area contributed by atoms with Gasteiger partial charge in [-0.3, -0.25) is 0 Å². The van der Waals surface area contributed by atoms with Crippen molar-refractivity contribution in [2.75, 3.05) is 0 Å². The molecule has 0 amide bonds. The minimum absolute atomic E-state index is 0.681. The van der Waals surface area contributed by atoms with Gasteiger partial charge in [0.25, 0.3) is 0 Å². The molecule has 1 aromatic heterocycles. The van der Waals surface area contributed by atoms with E-state index in [1.165, 1.54) is 0 Å². The topological polar surface area (TPSA) is 17.8 Å². The summed E-state index contributed by atoms with van der Waals surface area (Å²) in [6.07, 6.45) is 1.80. The van der Waals surface area contributed by atoms with Crippen LogP contribution in [0.3, 0.4) is 0 Å². The summed E-state index contributed by atoms with van der Waals surface area (Å²) in [7, 11) is 0. The highest BCUT2D eigenvalue weighted by Crippen LogP contribution is 2.11. The lowest BCUT2D eigenvalue weighted by atomic mass is 10.3. The molecule has 1 heterocycles. The third kappa shape index (κ3) is 1.01. The Morgan fingerprint density at radius 3 is 3.00 bits per heavy atom. The van der Waals surface area contributed by atoms with E-state index in [9.17, 15) is 0 Å². The van der Waals surface area contributed by atoms with Crippen LogP contribution in [0.25, 0.3) is 11.0 Å². The van der Waals surface area contributed by atoms with Crippen LogP contribution in [-0.4, -0.2) is 9.55 Å². The molecule has 0 fully saturated rings. The average molecular weight is 164 g/mol. The molecule has 0 atom stereocenters. The van der Waals surface area contributed by atoms with Crippen molar-refractivity contribution in [1.29, 1.82) is 0 Å². The van der Waals surface area contributed by atoms with Gasteiger partial charge in [0.2, 0.25) is 0 Å². The number of rotatable bonds is 1. The lowest BCUT2D eigenvalue weighted by Crippen LogP contribution is -1.87. The van der Waals surface area contributed by atoms with Crippen LogP contribution >= 0.6 is 12.6 Å². The summed E-state index contributed by atoms with van der Waals surface area (Å²) in [5.74, 6) is 0.681. The van der Waals surface area contributed by atoms with Crippen molar-refractivity contribution >= 4 is 23.7 Å². The van der Waals surface area contributed by atoms with Gasteiger partial charge in [-0.2, -0.15) is 12.6 Å². The Kier molecular flexibility index (Phi) is 1.58. The fourth-order valence-electron chi connectivity index (χ4n) is 1.12. The smallest absolute Gasteiger partial charge is 0.0965 e. The SMILES string of the molecule is SCn1cnc2ccccc21. The Morgan fingerprint density at radius 2 is 2.18 bits per heavy atom. The van der Waals surface area contributed by atoms with Gasteiger partial charge in [-0.05, 0) is 12.1 Å². The van der Waals surface area contributed by atoms with Gasteiger partial charge in [0.15, 0.2) is 0 Å². The van der Waals surface area contributed by atoms with E-state index in [1.54, 1.807) is 6.33 Å². The number of imidazole rings is 1. The Bertz CT molecular complexity index is 367. The molecule has 11 heavy (non-hydrogen) atoms. The van der Waals surface area contributed by atoms with Crippen LogP contribution < -0.4 is 0 Å². The number of aromatic nitrogens is 2. The molecule has 0 aliphatic heterocycles. The molecule has 0 N–H and O–H groups in total. The summed E-state index contributed by atoms with van der Waals surface area (Å²) in [6, 6.07) is 8.02. The zero-order valence-corrected chi connectivity index (χ0v) is 6.83. The molecule has 0 saturated heterocycles. The monoisotopic (exact) mass is 164 g/mol. The second-order valence-corrected chi connectivity index (χ2v) is 2.63. The predicted octanol–water partition coefficient (Wildman–Crippen LogP) is 1.92. The molecule has 0 bridgehead atoms.